The van der Waals surface area contributed by atoms with Crippen molar-refractivity contribution >= 4 is 29.3 Å². The Morgan fingerprint density at radius 1 is 1.38 bits per heavy atom. The first-order valence-corrected chi connectivity index (χ1v) is 8.63. The molecule has 7 heteroatoms. The van der Waals surface area contributed by atoms with Crippen LogP contribution in [-0.4, -0.2) is 55.7 Å². The maximum absolute atomic E-state index is 12.5. The van der Waals surface area contributed by atoms with Crippen LogP contribution in [0.4, 0.5) is 10.5 Å². The molecule has 2 rings (SSSR count). The number of amides is 2. The molecule has 1 fully saturated rings. The summed E-state index contributed by atoms with van der Waals surface area (Å²) in [5.74, 6) is -0.0417. The number of quaternary nitrogens is 1. The van der Waals surface area contributed by atoms with E-state index in [1.807, 2.05) is 19.9 Å². The number of carbonyl (C=O) groups is 2. The van der Waals surface area contributed by atoms with E-state index in [0.717, 1.165) is 29.2 Å². The molecule has 2 amide bonds. The number of hydrogen-bond acceptors (Lipinski definition) is 3. The highest BCUT2D eigenvalue weighted by Crippen LogP contribution is 2.20. The fraction of sp³-hybridized carbons (Fsp3) is 0.529. The van der Waals surface area contributed by atoms with Crippen LogP contribution in [0.5, 0.6) is 0 Å². The maximum Gasteiger partial charge on any atom is 0.410 e. The minimum absolute atomic E-state index is 0.0417. The molecule has 2 N–H and O–H groups in total. The van der Waals surface area contributed by atoms with Crippen LogP contribution in [0.15, 0.2) is 18.2 Å². The quantitative estimate of drug-likeness (QED) is 0.857. The van der Waals surface area contributed by atoms with Crippen LogP contribution in [0.25, 0.3) is 0 Å². The van der Waals surface area contributed by atoms with E-state index < -0.39 is 0 Å². The molecule has 1 aromatic carbocycles. The molecule has 132 valence electrons. The molecule has 0 unspecified atom stereocenters. The molecule has 0 aromatic heterocycles. The van der Waals surface area contributed by atoms with Crippen molar-refractivity contribution in [2.75, 3.05) is 38.1 Å². The summed E-state index contributed by atoms with van der Waals surface area (Å²) in [6.07, 6.45) is -0.275. The first-order chi connectivity index (χ1) is 11.4. The topological polar surface area (TPSA) is 63.1 Å². The molecule has 1 saturated heterocycles. The van der Waals surface area contributed by atoms with E-state index in [2.05, 4.69) is 5.32 Å². The van der Waals surface area contributed by atoms with Crippen molar-refractivity contribution in [2.24, 2.45) is 0 Å². The van der Waals surface area contributed by atoms with Crippen molar-refractivity contribution in [1.82, 2.24) is 4.90 Å². The lowest BCUT2D eigenvalue weighted by atomic mass is 10.1. The standard InChI is InChI=1S/C17H24ClN3O3/c1-4-24-17(23)21-9-7-20(8-10-21)13(3)16(22)19-15-11-14(18)6-5-12(15)2/h5-6,11,13H,4,7-10H2,1-3H3,(H,19,22)/p+1/t13-/m0/s1. The number of nitrogens with one attached hydrogen (secondary N) is 2. The van der Waals surface area contributed by atoms with E-state index >= 15 is 0 Å². The number of aryl methyl sites for hydroxylation is 1. The van der Waals surface area contributed by atoms with Gasteiger partial charge in [0.1, 0.15) is 0 Å². The summed E-state index contributed by atoms with van der Waals surface area (Å²) < 4.78 is 5.01. The van der Waals surface area contributed by atoms with Crippen LogP contribution < -0.4 is 10.2 Å². The number of carbonyl (C=O) groups excluding carboxylic acids is 2. The van der Waals surface area contributed by atoms with Crippen molar-refractivity contribution in [2.45, 2.75) is 26.8 Å². The summed E-state index contributed by atoms with van der Waals surface area (Å²) in [6, 6.07) is 5.24. The van der Waals surface area contributed by atoms with E-state index in [0.29, 0.717) is 24.7 Å². The average Bonchev–Trinajstić information content (AvgIpc) is 2.57. The average molecular weight is 355 g/mol. The van der Waals surface area contributed by atoms with Gasteiger partial charge in [0.05, 0.1) is 32.8 Å². The highest BCUT2D eigenvalue weighted by atomic mass is 35.5. The zero-order valence-corrected chi connectivity index (χ0v) is 15.2. The second-order valence-corrected chi connectivity index (χ2v) is 6.45. The summed E-state index contributed by atoms with van der Waals surface area (Å²) in [6.45, 7) is 8.66. The van der Waals surface area contributed by atoms with Gasteiger partial charge < -0.3 is 15.0 Å². The molecular formula is C17H25ClN3O3+. The minimum Gasteiger partial charge on any atom is -0.450 e. The third kappa shape index (κ3) is 4.61. The van der Waals surface area contributed by atoms with Gasteiger partial charge in [0.15, 0.2) is 6.04 Å². The zero-order valence-electron chi connectivity index (χ0n) is 14.4. The largest absolute Gasteiger partial charge is 0.450 e. The zero-order chi connectivity index (χ0) is 17.7. The Morgan fingerprint density at radius 2 is 2.04 bits per heavy atom. The van der Waals surface area contributed by atoms with E-state index in [9.17, 15) is 9.59 Å². The Bertz CT molecular complexity index is 601. The van der Waals surface area contributed by atoms with E-state index in [1.165, 1.54) is 0 Å². The SMILES string of the molecule is CCOC(=O)N1CC[NH+]([C@@H](C)C(=O)Nc2cc(Cl)ccc2C)CC1. The van der Waals surface area contributed by atoms with Crippen LogP contribution in [0.2, 0.25) is 5.02 Å². The molecule has 6 nitrogen and oxygen atoms in total. The predicted octanol–water partition coefficient (Wildman–Crippen LogP) is 1.33. The lowest BCUT2D eigenvalue weighted by Crippen LogP contribution is -3.19. The summed E-state index contributed by atoms with van der Waals surface area (Å²) in [5, 5.41) is 3.55. The fourth-order valence-electron chi connectivity index (χ4n) is 2.78. The number of halogens is 1. The van der Waals surface area contributed by atoms with Gasteiger partial charge in [0.2, 0.25) is 0 Å². The summed E-state index contributed by atoms with van der Waals surface area (Å²) >= 11 is 5.99. The molecular weight excluding hydrogens is 330 g/mol. The minimum atomic E-state index is -0.275. The van der Waals surface area contributed by atoms with Crippen LogP contribution >= 0.6 is 11.6 Å². The van der Waals surface area contributed by atoms with E-state index in [4.69, 9.17) is 16.3 Å². The first-order valence-electron chi connectivity index (χ1n) is 8.25. The summed E-state index contributed by atoms with van der Waals surface area (Å²) in [7, 11) is 0. The number of nitrogens with zero attached hydrogens (tertiary/aromatic N) is 1. The first kappa shape index (κ1) is 18.5. The lowest BCUT2D eigenvalue weighted by Gasteiger charge is -2.34. The number of benzene rings is 1. The van der Waals surface area contributed by atoms with Gasteiger partial charge in [0.25, 0.3) is 5.91 Å². The highest BCUT2D eigenvalue weighted by Gasteiger charge is 2.31. The highest BCUT2D eigenvalue weighted by molar-refractivity contribution is 6.31. The number of anilines is 1. The molecule has 1 aliphatic heterocycles. The van der Waals surface area contributed by atoms with Crippen LogP contribution in [0.3, 0.4) is 0 Å². The second kappa shape index (κ2) is 8.35. The Kier molecular flexibility index (Phi) is 6.45. The summed E-state index contributed by atoms with van der Waals surface area (Å²) in [5.41, 5.74) is 1.71. The van der Waals surface area contributed by atoms with Crippen molar-refractivity contribution in [3.8, 4) is 0 Å². The Morgan fingerprint density at radius 3 is 2.67 bits per heavy atom. The second-order valence-electron chi connectivity index (χ2n) is 6.01. The monoisotopic (exact) mass is 354 g/mol. The number of piperazine rings is 1. The third-order valence-electron chi connectivity index (χ3n) is 4.39. The molecule has 1 atom stereocenters. The predicted molar refractivity (Wildman–Crippen MR) is 93.6 cm³/mol. The van der Waals surface area contributed by atoms with Crippen LogP contribution in [0.1, 0.15) is 19.4 Å². The number of hydrogen-bond donors (Lipinski definition) is 2. The molecule has 24 heavy (non-hydrogen) atoms. The maximum atomic E-state index is 12.5. The molecule has 0 radical (unpaired) electrons. The van der Waals surface area contributed by atoms with Gasteiger partial charge in [-0.15, -0.1) is 0 Å². The Labute approximate surface area is 147 Å². The van der Waals surface area contributed by atoms with Gasteiger partial charge in [-0.1, -0.05) is 17.7 Å². The Balaban J connectivity index is 1.90. The number of ether oxygens (including phenoxy) is 1. The van der Waals surface area contributed by atoms with Crippen molar-refractivity contribution < 1.29 is 19.2 Å². The normalized spacial score (nSPS) is 16.6. The van der Waals surface area contributed by atoms with Gasteiger partial charge in [-0.2, -0.15) is 0 Å². The smallest absolute Gasteiger partial charge is 0.410 e. The molecule has 1 aliphatic rings. The Hall–Kier alpha value is -1.79. The van der Waals surface area contributed by atoms with E-state index in [1.54, 1.807) is 24.0 Å². The molecule has 0 spiro atoms. The molecule has 1 aromatic rings. The lowest BCUT2D eigenvalue weighted by molar-refractivity contribution is -0.917. The van der Waals surface area contributed by atoms with E-state index in [-0.39, 0.29) is 18.0 Å². The van der Waals surface area contributed by atoms with Gasteiger partial charge in [0, 0.05) is 10.7 Å². The van der Waals surface area contributed by atoms with Gasteiger partial charge in [-0.05, 0) is 38.5 Å². The molecule has 0 aliphatic carbocycles. The van der Waals surface area contributed by atoms with Crippen LogP contribution in [0, 0.1) is 6.92 Å². The van der Waals surface area contributed by atoms with Crippen molar-refractivity contribution in [3.63, 3.8) is 0 Å². The number of rotatable bonds is 4. The fourth-order valence-corrected chi connectivity index (χ4v) is 2.95. The molecule has 0 bridgehead atoms. The van der Waals surface area contributed by atoms with Gasteiger partial charge in [-0.3, -0.25) is 9.69 Å². The van der Waals surface area contributed by atoms with Crippen molar-refractivity contribution in [3.05, 3.63) is 28.8 Å². The van der Waals surface area contributed by atoms with Gasteiger partial charge in [-0.25, -0.2) is 4.79 Å². The van der Waals surface area contributed by atoms with Gasteiger partial charge >= 0.3 is 6.09 Å². The summed E-state index contributed by atoms with van der Waals surface area (Å²) in [4.78, 5) is 27.1. The molecule has 1 heterocycles. The van der Waals surface area contributed by atoms with Crippen molar-refractivity contribution in [1.29, 1.82) is 0 Å². The van der Waals surface area contributed by atoms with Crippen LogP contribution in [-0.2, 0) is 9.53 Å². The third-order valence-corrected chi connectivity index (χ3v) is 4.63. The molecule has 0 saturated carbocycles.